The number of rotatable bonds is 65. The maximum absolute atomic E-state index is 12.9. The van der Waals surface area contributed by atoms with Crippen molar-refractivity contribution in [3.8, 4) is 0 Å². The first-order chi connectivity index (χ1) is 41.6. The summed E-state index contributed by atoms with van der Waals surface area (Å²) in [5, 5.41) is 11.8. The molecule has 0 N–H and O–H groups in total. The van der Waals surface area contributed by atoms with Gasteiger partial charge in [-0.05, 0) is 96.3 Å². The standard InChI is InChI=1S/C76H133NO8/c1-6-8-10-12-14-16-18-20-22-24-26-28-30-32-34-35-36-37-38-39-41-43-45-47-49-51-53-55-57-59-61-63-65-67-74(79)85-72(71-84-76(75(80)81)82-69-68-77(3,4)5)70-83-73(78)66-64-62-60-58-56-54-52-50-48-46-44-42-40-33-31-29-27-25-23-21-19-17-15-13-11-9-7-2/h8,10,14,16,20,22,25-28,32,34,36-37,39,41,72,76H,6-7,9,11-13,15,17-19,21,23-24,29-31,33,35,38,40,42-71H2,1-5H3/b10-8-,16-14-,22-20-,27-25-,28-26-,34-32-,37-36-,41-39-. The summed E-state index contributed by atoms with van der Waals surface area (Å²) in [6, 6.07) is 0. The van der Waals surface area contributed by atoms with Crippen LogP contribution in [0, 0.1) is 0 Å². The summed E-state index contributed by atoms with van der Waals surface area (Å²) >= 11 is 0. The second-order valence-corrected chi connectivity index (χ2v) is 24.8. The fraction of sp³-hybridized carbons (Fsp3) is 0.750. The number of carboxylic acid groups (broad SMARTS) is 1. The number of aliphatic carboxylic acids is 1. The van der Waals surface area contributed by atoms with Crippen molar-refractivity contribution < 1.29 is 42.9 Å². The molecule has 0 radical (unpaired) electrons. The Kier molecular flexibility index (Phi) is 63.2. The summed E-state index contributed by atoms with van der Waals surface area (Å²) in [6.45, 7) is 4.66. The highest BCUT2D eigenvalue weighted by atomic mass is 16.7. The lowest BCUT2D eigenvalue weighted by Gasteiger charge is -2.26. The van der Waals surface area contributed by atoms with Gasteiger partial charge in [0.05, 0.1) is 40.3 Å². The van der Waals surface area contributed by atoms with Crippen LogP contribution < -0.4 is 5.11 Å². The van der Waals surface area contributed by atoms with E-state index in [4.69, 9.17) is 18.9 Å². The number of allylic oxidation sites excluding steroid dienone is 16. The molecule has 0 spiro atoms. The van der Waals surface area contributed by atoms with Crippen LogP contribution in [-0.4, -0.2) is 82.3 Å². The quantitative estimate of drug-likeness (QED) is 0.0195. The number of hydrogen-bond acceptors (Lipinski definition) is 8. The van der Waals surface area contributed by atoms with Crippen LogP contribution >= 0.6 is 0 Å². The Morgan fingerprint density at radius 2 is 0.671 bits per heavy atom. The van der Waals surface area contributed by atoms with Gasteiger partial charge in [-0.15, -0.1) is 0 Å². The van der Waals surface area contributed by atoms with Crippen LogP contribution in [-0.2, 0) is 33.3 Å². The van der Waals surface area contributed by atoms with Crippen molar-refractivity contribution in [3.05, 3.63) is 97.2 Å². The first-order valence-corrected chi connectivity index (χ1v) is 35.4. The van der Waals surface area contributed by atoms with Gasteiger partial charge in [-0.25, -0.2) is 0 Å². The lowest BCUT2D eigenvalue weighted by atomic mass is 10.0. The molecule has 9 nitrogen and oxygen atoms in total. The van der Waals surface area contributed by atoms with E-state index in [0.717, 1.165) is 89.9 Å². The van der Waals surface area contributed by atoms with Crippen molar-refractivity contribution in [2.24, 2.45) is 0 Å². The summed E-state index contributed by atoms with van der Waals surface area (Å²) in [5.41, 5.74) is 0. The van der Waals surface area contributed by atoms with Gasteiger partial charge in [0.1, 0.15) is 13.2 Å². The molecule has 85 heavy (non-hydrogen) atoms. The predicted octanol–water partition coefficient (Wildman–Crippen LogP) is 20.7. The molecule has 0 aromatic rings. The van der Waals surface area contributed by atoms with Crippen LogP contribution in [0.25, 0.3) is 0 Å². The van der Waals surface area contributed by atoms with E-state index >= 15 is 0 Å². The Hall–Kier alpha value is -3.79. The molecule has 490 valence electrons. The lowest BCUT2D eigenvalue weighted by Crippen LogP contribution is -2.44. The van der Waals surface area contributed by atoms with Crippen molar-refractivity contribution in [3.63, 3.8) is 0 Å². The number of esters is 2. The highest BCUT2D eigenvalue weighted by Gasteiger charge is 2.22. The Morgan fingerprint density at radius 1 is 0.365 bits per heavy atom. The number of carbonyl (C=O) groups is 3. The number of nitrogens with zero attached hydrogens (tertiary/aromatic N) is 1. The van der Waals surface area contributed by atoms with Crippen molar-refractivity contribution in [1.29, 1.82) is 0 Å². The third-order valence-corrected chi connectivity index (χ3v) is 15.3. The number of quaternary nitrogens is 1. The molecule has 0 aromatic heterocycles. The Bertz CT molecular complexity index is 1720. The summed E-state index contributed by atoms with van der Waals surface area (Å²) in [4.78, 5) is 37.5. The van der Waals surface area contributed by atoms with E-state index in [2.05, 4.69) is 111 Å². The number of hydrogen-bond donors (Lipinski definition) is 0. The number of carbonyl (C=O) groups excluding carboxylic acids is 3. The number of likely N-dealkylation sites (N-methyl/N-ethyl adjacent to an activating group) is 1. The second kappa shape index (κ2) is 66.2. The number of carboxylic acids is 1. The van der Waals surface area contributed by atoms with E-state index in [1.165, 1.54) is 186 Å². The van der Waals surface area contributed by atoms with E-state index < -0.39 is 24.3 Å². The molecule has 0 rings (SSSR count). The largest absolute Gasteiger partial charge is 0.545 e. The van der Waals surface area contributed by atoms with E-state index in [9.17, 15) is 19.5 Å². The molecule has 0 aromatic carbocycles. The van der Waals surface area contributed by atoms with Gasteiger partial charge in [-0.3, -0.25) is 9.59 Å². The molecule has 0 aliphatic heterocycles. The Labute approximate surface area is 524 Å². The molecule has 0 aliphatic carbocycles. The van der Waals surface area contributed by atoms with Crippen LogP contribution in [0.2, 0.25) is 0 Å². The van der Waals surface area contributed by atoms with Gasteiger partial charge in [0.2, 0.25) is 0 Å². The van der Waals surface area contributed by atoms with Gasteiger partial charge < -0.3 is 33.3 Å². The van der Waals surface area contributed by atoms with Gasteiger partial charge in [0.25, 0.3) is 0 Å². The van der Waals surface area contributed by atoms with Crippen molar-refractivity contribution >= 4 is 17.9 Å². The highest BCUT2D eigenvalue weighted by molar-refractivity contribution is 5.70. The Morgan fingerprint density at radius 3 is 1.01 bits per heavy atom. The first kappa shape index (κ1) is 81.2. The fourth-order valence-electron chi connectivity index (χ4n) is 9.93. The van der Waals surface area contributed by atoms with Crippen LogP contribution in [0.3, 0.4) is 0 Å². The van der Waals surface area contributed by atoms with Crippen LogP contribution in [0.15, 0.2) is 97.2 Å². The monoisotopic (exact) mass is 1190 g/mol. The first-order valence-electron chi connectivity index (χ1n) is 35.4. The summed E-state index contributed by atoms with van der Waals surface area (Å²) < 4.78 is 22.8. The SMILES string of the molecule is CC/C=C\C/C=C\C/C=C\C/C=C\C/C=C\C/C=C\C/C=C\CCCCCCCCCCCCCC(=O)OC(COC(=O)CCCCCCCCCCCCCCCCC/C=C\CCCCCCCCCC)COC(OCC[N+](C)(C)C)C(=O)[O-]. The van der Waals surface area contributed by atoms with Gasteiger partial charge in [-0.1, -0.05) is 297 Å². The average molecular weight is 1190 g/mol. The Balaban J connectivity index is 4.13. The van der Waals surface area contributed by atoms with Crippen molar-refractivity contribution in [2.45, 2.75) is 322 Å². The number of ether oxygens (including phenoxy) is 4. The van der Waals surface area contributed by atoms with Gasteiger partial charge in [0.15, 0.2) is 12.4 Å². The molecule has 0 bridgehead atoms. The average Bonchev–Trinajstić information content (AvgIpc) is 3.49. The summed E-state index contributed by atoms with van der Waals surface area (Å²) in [6.07, 6.45) is 87.7. The maximum Gasteiger partial charge on any atom is 0.306 e. The molecular formula is C76H133NO8. The van der Waals surface area contributed by atoms with Gasteiger partial charge in [-0.2, -0.15) is 0 Å². The highest BCUT2D eigenvalue weighted by Crippen LogP contribution is 2.17. The minimum Gasteiger partial charge on any atom is -0.545 e. The zero-order chi connectivity index (χ0) is 61.9. The van der Waals surface area contributed by atoms with E-state index in [-0.39, 0.29) is 32.2 Å². The molecule has 0 heterocycles. The van der Waals surface area contributed by atoms with Crippen molar-refractivity contribution in [1.82, 2.24) is 0 Å². The molecule has 0 saturated carbocycles. The van der Waals surface area contributed by atoms with Gasteiger partial charge in [0, 0.05) is 12.8 Å². The zero-order valence-electron chi connectivity index (χ0n) is 56.0. The van der Waals surface area contributed by atoms with Crippen LogP contribution in [0.1, 0.15) is 309 Å². The molecule has 9 heteroatoms. The second-order valence-electron chi connectivity index (χ2n) is 24.8. The maximum atomic E-state index is 12.9. The summed E-state index contributed by atoms with van der Waals surface area (Å²) in [7, 11) is 5.93. The minimum absolute atomic E-state index is 0.144. The normalized spacial score (nSPS) is 13.3. The number of unbranched alkanes of at least 4 members (excludes halogenated alkanes) is 34. The van der Waals surface area contributed by atoms with E-state index in [0.29, 0.717) is 23.9 Å². The topological polar surface area (TPSA) is 111 Å². The predicted molar refractivity (Wildman–Crippen MR) is 361 cm³/mol. The molecule has 0 fully saturated rings. The van der Waals surface area contributed by atoms with E-state index in [1.54, 1.807) is 0 Å². The third-order valence-electron chi connectivity index (χ3n) is 15.3. The van der Waals surface area contributed by atoms with Crippen LogP contribution in [0.4, 0.5) is 0 Å². The molecule has 2 atom stereocenters. The zero-order valence-corrected chi connectivity index (χ0v) is 56.0. The summed E-state index contributed by atoms with van der Waals surface area (Å²) in [5.74, 6) is -2.28. The van der Waals surface area contributed by atoms with E-state index in [1.807, 2.05) is 21.1 Å². The molecule has 0 saturated heterocycles. The third kappa shape index (κ3) is 67.6. The molecule has 0 amide bonds. The minimum atomic E-state index is -1.63. The van der Waals surface area contributed by atoms with Crippen molar-refractivity contribution in [2.75, 3.05) is 47.5 Å². The smallest absolute Gasteiger partial charge is 0.306 e. The lowest BCUT2D eigenvalue weighted by molar-refractivity contribution is -0.870. The fourth-order valence-corrected chi connectivity index (χ4v) is 9.93. The molecule has 0 aliphatic rings. The van der Waals surface area contributed by atoms with Gasteiger partial charge >= 0.3 is 11.9 Å². The molecule has 2 unspecified atom stereocenters. The van der Waals surface area contributed by atoms with Crippen LogP contribution in [0.5, 0.6) is 0 Å². The molecular weight excluding hydrogens is 1050 g/mol.